The molecule has 11 heavy (non-hydrogen) atoms. The maximum Gasteiger partial charge on any atom is -0.0414 e. The topological polar surface area (TPSA) is 0 Å². The van der Waals surface area contributed by atoms with E-state index in [1.807, 2.05) is 0 Å². The summed E-state index contributed by atoms with van der Waals surface area (Å²) in [5.41, 5.74) is 0. The van der Waals surface area contributed by atoms with Crippen molar-refractivity contribution >= 4 is 0 Å². The summed E-state index contributed by atoms with van der Waals surface area (Å²) in [5.74, 6) is 1.05. The summed E-state index contributed by atoms with van der Waals surface area (Å²) in [5, 5.41) is 0. The monoisotopic (exact) mass is 153 g/mol. The van der Waals surface area contributed by atoms with E-state index in [2.05, 4.69) is 6.92 Å². The molecule has 0 saturated heterocycles. The molecular formula is C11H21. The molecule has 0 aromatic heterocycles. The van der Waals surface area contributed by atoms with Gasteiger partial charge in [-0.2, -0.15) is 0 Å². The second kappa shape index (κ2) is 5.62. The summed E-state index contributed by atoms with van der Waals surface area (Å²) < 4.78 is 0. The third-order valence-electron chi connectivity index (χ3n) is 2.84. The first-order valence-corrected chi connectivity index (χ1v) is 5.22. The Balaban J connectivity index is 2.09. The number of rotatable bonds is 3. The zero-order valence-corrected chi connectivity index (χ0v) is 7.65. The summed E-state index contributed by atoms with van der Waals surface area (Å²) in [6, 6.07) is 0. The van der Waals surface area contributed by atoms with Crippen LogP contribution in [-0.2, 0) is 0 Å². The van der Waals surface area contributed by atoms with Crippen molar-refractivity contribution in [3.63, 3.8) is 0 Å². The van der Waals surface area contributed by atoms with Crippen molar-refractivity contribution in [1.29, 1.82) is 0 Å². The third kappa shape index (κ3) is 3.79. The molecule has 1 aliphatic rings. The quantitative estimate of drug-likeness (QED) is 0.538. The Kier molecular flexibility index (Phi) is 4.65. The van der Waals surface area contributed by atoms with E-state index >= 15 is 0 Å². The molecule has 0 amide bonds. The largest absolute Gasteiger partial charge is 0.0533 e. The van der Waals surface area contributed by atoms with E-state index in [1.165, 1.54) is 51.4 Å². The summed E-state index contributed by atoms with van der Waals surface area (Å²) in [4.78, 5) is 0. The van der Waals surface area contributed by atoms with Crippen LogP contribution >= 0.6 is 0 Å². The van der Waals surface area contributed by atoms with Gasteiger partial charge in [0.2, 0.25) is 0 Å². The van der Waals surface area contributed by atoms with Crippen LogP contribution in [0, 0.1) is 12.8 Å². The van der Waals surface area contributed by atoms with Crippen molar-refractivity contribution in [3.8, 4) is 0 Å². The van der Waals surface area contributed by atoms with Gasteiger partial charge in [0.05, 0.1) is 0 Å². The highest BCUT2D eigenvalue weighted by atomic mass is 14.2. The summed E-state index contributed by atoms with van der Waals surface area (Å²) >= 11 is 0. The van der Waals surface area contributed by atoms with E-state index in [9.17, 15) is 0 Å². The minimum absolute atomic E-state index is 1.05. The second-order valence-corrected chi connectivity index (χ2v) is 3.85. The molecule has 1 aliphatic carbocycles. The van der Waals surface area contributed by atoms with Crippen molar-refractivity contribution in [2.24, 2.45) is 5.92 Å². The average molecular weight is 153 g/mol. The highest BCUT2D eigenvalue weighted by Crippen LogP contribution is 2.26. The molecule has 0 aromatic rings. The minimum atomic E-state index is 1.05. The predicted octanol–water partition coefficient (Wildman–Crippen LogP) is 3.96. The molecule has 0 heteroatoms. The van der Waals surface area contributed by atoms with Crippen molar-refractivity contribution in [1.82, 2.24) is 0 Å². The number of hydrogen-bond donors (Lipinski definition) is 0. The SMILES string of the molecule is [CH2]CCCC1CCCCCC1. The average Bonchev–Trinajstić information content (AvgIpc) is 2.28. The van der Waals surface area contributed by atoms with Crippen LogP contribution in [0.15, 0.2) is 0 Å². The lowest BCUT2D eigenvalue weighted by atomic mass is 9.94. The third-order valence-corrected chi connectivity index (χ3v) is 2.84. The van der Waals surface area contributed by atoms with E-state index in [0.29, 0.717) is 0 Å². The first-order valence-electron chi connectivity index (χ1n) is 5.22. The first-order chi connectivity index (χ1) is 5.43. The molecular weight excluding hydrogens is 132 g/mol. The van der Waals surface area contributed by atoms with Gasteiger partial charge in [-0.1, -0.05) is 64.7 Å². The van der Waals surface area contributed by atoms with Crippen LogP contribution in [0.4, 0.5) is 0 Å². The standard InChI is InChI=1S/C11H21/c1-2-3-8-11-9-6-4-5-7-10-11/h11H,1-10H2. The number of hydrogen-bond acceptors (Lipinski definition) is 0. The molecule has 1 rings (SSSR count). The smallest absolute Gasteiger partial charge is 0.0414 e. The highest BCUT2D eigenvalue weighted by Gasteiger charge is 2.10. The first kappa shape index (κ1) is 9.09. The van der Waals surface area contributed by atoms with Gasteiger partial charge in [-0.25, -0.2) is 0 Å². The molecule has 0 atom stereocenters. The summed E-state index contributed by atoms with van der Waals surface area (Å²) in [7, 11) is 0. The van der Waals surface area contributed by atoms with Crippen LogP contribution in [0.5, 0.6) is 0 Å². The van der Waals surface area contributed by atoms with E-state index in [4.69, 9.17) is 0 Å². The Hall–Kier alpha value is 0. The molecule has 1 fully saturated rings. The molecule has 0 aliphatic heterocycles. The maximum absolute atomic E-state index is 3.89. The van der Waals surface area contributed by atoms with Crippen molar-refractivity contribution in [3.05, 3.63) is 6.92 Å². The molecule has 65 valence electrons. The second-order valence-electron chi connectivity index (χ2n) is 3.85. The Labute approximate surface area is 71.4 Å². The van der Waals surface area contributed by atoms with Gasteiger partial charge in [-0.15, -0.1) is 0 Å². The zero-order chi connectivity index (χ0) is 7.94. The lowest BCUT2D eigenvalue weighted by molar-refractivity contribution is 0.417. The lowest BCUT2D eigenvalue weighted by Gasteiger charge is -2.11. The Morgan fingerprint density at radius 1 is 1.00 bits per heavy atom. The van der Waals surface area contributed by atoms with Crippen LogP contribution < -0.4 is 0 Å². The van der Waals surface area contributed by atoms with E-state index in [-0.39, 0.29) is 0 Å². The Morgan fingerprint density at radius 3 is 2.18 bits per heavy atom. The highest BCUT2D eigenvalue weighted by molar-refractivity contribution is 4.64. The van der Waals surface area contributed by atoms with Crippen LogP contribution in [-0.4, -0.2) is 0 Å². The van der Waals surface area contributed by atoms with Crippen molar-refractivity contribution < 1.29 is 0 Å². The van der Waals surface area contributed by atoms with E-state index < -0.39 is 0 Å². The van der Waals surface area contributed by atoms with Gasteiger partial charge in [0.1, 0.15) is 0 Å². The molecule has 0 bridgehead atoms. The zero-order valence-electron chi connectivity index (χ0n) is 7.65. The number of unbranched alkanes of at least 4 members (excludes halogenated alkanes) is 1. The van der Waals surface area contributed by atoms with Crippen molar-refractivity contribution in [2.45, 2.75) is 57.8 Å². The molecule has 1 radical (unpaired) electrons. The lowest BCUT2D eigenvalue weighted by Crippen LogP contribution is -1.97. The van der Waals surface area contributed by atoms with Gasteiger partial charge in [-0.3, -0.25) is 0 Å². The molecule has 1 saturated carbocycles. The fourth-order valence-corrected chi connectivity index (χ4v) is 2.09. The molecule has 0 spiro atoms. The normalized spacial score (nSPS) is 21.5. The molecule has 0 N–H and O–H groups in total. The Bertz CT molecular complexity index is 78.0. The molecule has 0 unspecified atom stereocenters. The van der Waals surface area contributed by atoms with E-state index in [0.717, 1.165) is 12.3 Å². The van der Waals surface area contributed by atoms with Gasteiger partial charge in [-0.05, 0) is 5.92 Å². The fourth-order valence-electron chi connectivity index (χ4n) is 2.09. The van der Waals surface area contributed by atoms with Crippen molar-refractivity contribution in [2.75, 3.05) is 0 Å². The van der Waals surface area contributed by atoms with Gasteiger partial charge >= 0.3 is 0 Å². The van der Waals surface area contributed by atoms with Crippen LogP contribution in [0.2, 0.25) is 0 Å². The maximum atomic E-state index is 3.89. The summed E-state index contributed by atoms with van der Waals surface area (Å²) in [6.45, 7) is 3.89. The summed E-state index contributed by atoms with van der Waals surface area (Å²) in [6.07, 6.45) is 12.9. The van der Waals surface area contributed by atoms with Gasteiger partial charge in [0, 0.05) is 0 Å². The molecule has 0 aromatic carbocycles. The van der Waals surface area contributed by atoms with Crippen LogP contribution in [0.25, 0.3) is 0 Å². The fraction of sp³-hybridized carbons (Fsp3) is 0.909. The van der Waals surface area contributed by atoms with Gasteiger partial charge < -0.3 is 0 Å². The van der Waals surface area contributed by atoms with Crippen LogP contribution in [0.1, 0.15) is 57.8 Å². The minimum Gasteiger partial charge on any atom is -0.0533 e. The predicted molar refractivity (Wildman–Crippen MR) is 50.4 cm³/mol. The van der Waals surface area contributed by atoms with Gasteiger partial charge in [0.15, 0.2) is 0 Å². The van der Waals surface area contributed by atoms with Crippen LogP contribution in [0.3, 0.4) is 0 Å². The van der Waals surface area contributed by atoms with E-state index in [1.54, 1.807) is 0 Å². The molecule has 0 nitrogen and oxygen atoms in total. The Morgan fingerprint density at radius 2 is 1.64 bits per heavy atom. The van der Waals surface area contributed by atoms with Gasteiger partial charge in [0.25, 0.3) is 0 Å². The molecule has 0 heterocycles.